The van der Waals surface area contributed by atoms with Crippen molar-refractivity contribution in [1.29, 1.82) is 0 Å². The average Bonchev–Trinajstić information content (AvgIpc) is 3.18. The summed E-state index contributed by atoms with van der Waals surface area (Å²) in [7, 11) is 3.61. The molecular formula is C21H33ClIN5O2. The smallest absolute Gasteiger partial charge is 0.252 e. The Labute approximate surface area is 201 Å². The Bertz CT molecular complexity index is 736. The number of benzene rings is 1. The molecule has 1 aromatic rings. The molecule has 168 valence electrons. The molecule has 1 saturated carbocycles. The number of hydrogen-bond acceptors (Lipinski definition) is 3. The van der Waals surface area contributed by atoms with E-state index in [1.807, 2.05) is 6.92 Å². The fraction of sp³-hybridized carbons (Fsp3) is 0.571. The highest BCUT2D eigenvalue weighted by atomic mass is 127. The number of nitrogens with one attached hydrogen (secondary N) is 3. The van der Waals surface area contributed by atoms with E-state index in [1.165, 1.54) is 0 Å². The summed E-state index contributed by atoms with van der Waals surface area (Å²) in [5, 5.41) is 9.70. The van der Waals surface area contributed by atoms with Gasteiger partial charge in [0, 0.05) is 33.7 Å². The normalized spacial score (nSPS) is 15.1. The Morgan fingerprint density at radius 1 is 1.10 bits per heavy atom. The van der Waals surface area contributed by atoms with Crippen molar-refractivity contribution in [2.24, 2.45) is 10.4 Å². The van der Waals surface area contributed by atoms with Gasteiger partial charge in [-0.1, -0.05) is 36.6 Å². The van der Waals surface area contributed by atoms with E-state index in [2.05, 4.69) is 20.9 Å². The highest BCUT2D eigenvalue weighted by Gasteiger charge is 2.42. The molecule has 0 unspecified atom stereocenters. The van der Waals surface area contributed by atoms with E-state index in [0.717, 1.165) is 25.7 Å². The van der Waals surface area contributed by atoms with Gasteiger partial charge in [0.1, 0.15) is 0 Å². The Kier molecular flexibility index (Phi) is 11.5. The van der Waals surface area contributed by atoms with Crippen LogP contribution < -0.4 is 16.0 Å². The standard InChI is InChI=1S/C21H32ClN5O2.HI/c1-4-23-20(26-15-21(11-7-8-12-21)19(29)27(2)3)25-14-13-24-18(28)16-9-5-6-10-17(16)22;/h5-6,9-10H,4,7-8,11-15H2,1-3H3,(H,24,28)(H2,23,25,26);1H. The summed E-state index contributed by atoms with van der Waals surface area (Å²) in [6, 6.07) is 6.96. The number of carbonyl (C=O) groups is 2. The number of hydrogen-bond donors (Lipinski definition) is 3. The first-order valence-electron chi connectivity index (χ1n) is 10.2. The molecule has 3 N–H and O–H groups in total. The Morgan fingerprint density at radius 2 is 1.73 bits per heavy atom. The lowest BCUT2D eigenvalue weighted by molar-refractivity contribution is -0.138. The molecule has 30 heavy (non-hydrogen) atoms. The monoisotopic (exact) mass is 549 g/mol. The first-order chi connectivity index (χ1) is 13.9. The van der Waals surface area contributed by atoms with Crippen LogP contribution in [0.15, 0.2) is 29.3 Å². The van der Waals surface area contributed by atoms with Crippen molar-refractivity contribution in [1.82, 2.24) is 20.9 Å². The maximum atomic E-state index is 12.7. The SMILES string of the molecule is CCNC(=NCC1(C(=O)N(C)C)CCCC1)NCCNC(=O)c1ccccc1Cl.I. The topological polar surface area (TPSA) is 85.8 Å². The summed E-state index contributed by atoms with van der Waals surface area (Å²) >= 11 is 6.05. The molecule has 1 fully saturated rings. The van der Waals surface area contributed by atoms with Crippen LogP contribution in [0, 0.1) is 5.41 Å². The Hall–Kier alpha value is -1.55. The van der Waals surface area contributed by atoms with Gasteiger partial charge in [0.15, 0.2) is 5.96 Å². The predicted molar refractivity (Wildman–Crippen MR) is 133 cm³/mol. The minimum absolute atomic E-state index is 0. The van der Waals surface area contributed by atoms with Crippen molar-refractivity contribution in [3.63, 3.8) is 0 Å². The Balaban J connectivity index is 0.00000450. The Morgan fingerprint density at radius 3 is 2.33 bits per heavy atom. The third kappa shape index (κ3) is 7.30. The summed E-state index contributed by atoms with van der Waals surface area (Å²) in [6.45, 7) is 4.11. The van der Waals surface area contributed by atoms with Crippen molar-refractivity contribution < 1.29 is 9.59 Å². The lowest BCUT2D eigenvalue weighted by Crippen LogP contribution is -2.44. The third-order valence-electron chi connectivity index (χ3n) is 5.13. The molecule has 0 aliphatic heterocycles. The first-order valence-corrected chi connectivity index (χ1v) is 10.5. The summed E-state index contributed by atoms with van der Waals surface area (Å²) < 4.78 is 0. The van der Waals surface area contributed by atoms with Crippen molar-refractivity contribution in [3.05, 3.63) is 34.9 Å². The van der Waals surface area contributed by atoms with Crippen molar-refractivity contribution in [3.8, 4) is 0 Å². The number of guanidine groups is 1. The van der Waals surface area contributed by atoms with Crippen LogP contribution >= 0.6 is 35.6 Å². The van der Waals surface area contributed by atoms with Crippen LogP contribution in [0.5, 0.6) is 0 Å². The summed E-state index contributed by atoms with van der Waals surface area (Å²) in [5.41, 5.74) is 0.0598. The lowest BCUT2D eigenvalue weighted by atomic mass is 9.85. The van der Waals surface area contributed by atoms with Gasteiger partial charge < -0.3 is 20.9 Å². The van der Waals surface area contributed by atoms with Crippen LogP contribution in [0.2, 0.25) is 5.02 Å². The molecule has 0 bridgehead atoms. The molecule has 7 nitrogen and oxygen atoms in total. The zero-order chi connectivity index (χ0) is 21.3. The largest absolute Gasteiger partial charge is 0.357 e. The number of aliphatic imine (C=N–C) groups is 1. The summed E-state index contributed by atoms with van der Waals surface area (Å²) in [4.78, 5) is 31.2. The molecule has 1 aliphatic rings. The van der Waals surface area contributed by atoms with E-state index in [-0.39, 0.29) is 35.8 Å². The maximum absolute atomic E-state index is 12.7. The molecule has 0 aromatic heterocycles. The number of amides is 2. The second-order valence-corrected chi connectivity index (χ2v) is 7.95. The molecule has 0 atom stereocenters. The molecule has 0 saturated heterocycles. The molecule has 0 spiro atoms. The molecule has 0 radical (unpaired) electrons. The van der Waals surface area contributed by atoms with Gasteiger partial charge in [0.05, 0.1) is 22.5 Å². The van der Waals surface area contributed by atoms with E-state index < -0.39 is 5.41 Å². The van der Waals surface area contributed by atoms with E-state index in [1.54, 1.807) is 43.3 Å². The van der Waals surface area contributed by atoms with Gasteiger partial charge in [-0.3, -0.25) is 14.6 Å². The molecule has 9 heteroatoms. The molecule has 1 aliphatic carbocycles. The quantitative estimate of drug-likeness (QED) is 0.201. The molecule has 1 aromatic carbocycles. The van der Waals surface area contributed by atoms with E-state index >= 15 is 0 Å². The number of nitrogens with zero attached hydrogens (tertiary/aromatic N) is 2. The zero-order valence-electron chi connectivity index (χ0n) is 18.0. The number of halogens is 2. The molecule has 2 rings (SSSR count). The van der Waals surface area contributed by atoms with Crippen LogP contribution in [-0.4, -0.2) is 62.9 Å². The minimum atomic E-state index is -0.399. The van der Waals surface area contributed by atoms with E-state index in [4.69, 9.17) is 11.6 Å². The van der Waals surface area contributed by atoms with Crippen LogP contribution in [0.1, 0.15) is 43.0 Å². The molecule has 0 heterocycles. The average molecular weight is 550 g/mol. The van der Waals surface area contributed by atoms with E-state index in [0.29, 0.717) is 42.7 Å². The third-order valence-corrected chi connectivity index (χ3v) is 5.46. The van der Waals surface area contributed by atoms with Gasteiger partial charge in [-0.2, -0.15) is 0 Å². The predicted octanol–water partition coefficient (Wildman–Crippen LogP) is 2.89. The van der Waals surface area contributed by atoms with Crippen molar-refractivity contribution >= 4 is 53.4 Å². The number of rotatable bonds is 8. The van der Waals surface area contributed by atoms with Gasteiger partial charge in [-0.25, -0.2) is 0 Å². The van der Waals surface area contributed by atoms with Crippen LogP contribution in [0.3, 0.4) is 0 Å². The highest BCUT2D eigenvalue weighted by Crippen LogP contribution is 2.39. The molecular weight excluding hydrogens is 517 g/mol. The van der Waals surface area contributed by atoms with Gasteiger partial charge in [0.2, 0.25) is 5.91 Å². The van der Waals surface area contributed by atoms with Crippen LogP contribution in [-0.2, 0) is 4.79 Å². The fourth-order valence-corrected chi connectivity index (χ4v) is 3.86. The second kappa shape index (κ2) is 13.0. The maximum Gasteiger partial charge on any atom is 0.252 e. The second-order valence-electron chi connectivity index (χ2n) is 7.54. The van der Waals surface area contributed by atoms with Crippen molar-refractivity contribution in [2.45, 2.75) is 32.6 Å². The lowest BCUT2D eigenvalue weighted by Gasteiger charge is -2.29. The summed E-state index contributed by atoms with van der Waals surface area (Å²) in [5.74, 6) is 0.597. The fourth-order valence-electron chi connectivity index (χ4n) is 3.64. The van der Waals surface area contributed by atoms with Gasteiger partial charge in [-0.15, -0.1) is 24.0 Å². The highest BCUT2D eigenvalue weighted by molar-refractivity contribution is 14.0. The zero-order valence-corrected chi connectivity index (χ0v) is 21.0. The molecule has 2 amide bonds. The van der Waals surface area contributed by atoms with Gasteiger partial charge in [0.25, 0.3) is 5.91 Å². The number of carbonyl (C=O) groups excluding carboxylic acids is 2. The van der Waals surface area contributed by atoms with Crippen LogP contribution in [0.4, 0.5) is 0 Å². The van der Waals surface area contributed by atoms with E-state index in [9.17, 15) is 9.59 Å². The van der Waals surface area contributed by atoms with Gasteiger partial charge in [-0.05, 0) is 31.9 Å². The first kappa shape index (κ1) is 26.5. The summed E-state index contributed by atoms with van der Waals surface area (Å²) in [6.07, 6.45) is 3.88. The van der Waals surface area contributed by atoms with Crippen molar-refractivity contribution in [2.75, 3.05) is 40.3 Å². The van der Waals surface area contributed by atoms with Crippen LogP contribution in [0.25, 0.3) is 0 Å². The minimum Gasteiger partial charge on any atom is -0.357 e. The van der Waals surface area contributed by atoms with Gasteiger partial charge >= 0.3 is 0 Å².